The molecule has 3 aliphatic rings. The highest BCUT2D eigenvalue weighted by atomic mass is 16.5. The topological polar surface area (TPSA) is 82.7 Å². The Morgan fingerprint density at radius 2 is 1.65 bits per heavy atom. The molecule has 0 radical (unpaired) electrons. The van der Waals surface area contributed by atoms with Gasteiger partial charge in [0, 0.05) is 25.7 Å². The van der Waals surface area contributed by atoms with Crippen LogP contribution in [0, 0.1) is 5.41 Å². The SMILES string of the molecule is O=C1NCCOCCNC(=O)C12CCCN(C1CCNCC1)C2. The number of carbonyl (C=O) groups excluding carboxylic acids is 2. The maximum atomic E-state index is 12.8. The molecule has 0 unspecified atom stereocenters. The molecule has 0 aromatic rings. The van der Waals surface area contributed by atoms with Crippen molar-refractivity contribution < 1.29 is 14.3 Å². The van der Waals surface area contributed by atoms with Crippen molar-refractivity contribution in [1.82, 2.24) is 20.9 Å². The van der Waals surface area contributed by atoms with Crippen molar-refractivity contribution in [2.75, 3.05) is 52.5 Å². The molecule has 2 amide bonds. The predicted molar refractivity (Wildman–Crippen MR) is 86.0 cm³/mol. The van der Waals surface area contributed by atoms with E-state index in [9.17, 15) is 9.59 Å². The van der Waals surface area contributed by atoms with Crippen LogP contribution in [0.1, 0.15) is 25.7 Å². The van der Waals surface area contributed by atoms with Crippen LogP contribution in [0.15, 0.2) is 0 Å². The fourth-order valence-corrected chi connectivity index (χ4v) is 3.96. The van der Waals surface area contributed by atoms with Crippen molar-refractivity contribution in [1.29, 1.82) is 0 Å². The first-order valence-corrected chi connectivity index (χ1v) is 8.81. The number of ether oxygens (including phenoxy) is 1. The largest absolute Gasteiger partial charge is 0.378 e. The Morgan fingerprint density at radius 1 is 1.00 bits per heavy atom. The monoisotopic (exact) mass is 324 g/mol. The number of hydrogen-bond acceptors (Lipinski definition) is 5. The Bertz CT molecular complexity index is 417. The summed E-state index contributed by atoms with van der Waals surface area (Å²) >= 11 is 0. The second-order valence-corrected chi connectivity index (χ2v) is 6.76. The number of piperidine rings is 2. The van der Waals surface area contributed by atoms with Crippen molar-refractivity contribution in [3.63, 3.8) is 0 Å². The van der Waals surface area contributed by atoms with E-state index in [2.05, 4.69) is 20.9 Å². The van der Waals surface area contributed by atoms with Crippen LogP contribution in [0.5, 0.6) is 0 Å². The van der Waals surface area contributed by atoms with Crippen molar-refractivity contribution in [2.45, 2.75) is 31.7 Å². The van der Waals surface area contributed by atoms with Gasteiger partial charge in [-0.1, -0.05) is 0 Å². The number of hydrogen-bond donors (Lipinski definition) is 3. The third kappa shape index (κ3) is 3.67. The predicted octanol–water partition coefficient (Wildman–Crippen LogP) is -0.917. The average molecular weight is 324 g/mol. The lowest BCUT2D eigenvalue weighted by Gasteiger charge is -2.45. The fraction of sp³-hybridized carbons (Fsp3) is 0.875. The molecule has 3 heterocycles. The zero-order valence-electron chi connectivity index (χ0n) is 13.7. The van der Waals surface area contributed by atoms with Crippen molar-refractivity contribution >= 4 is 11.8 Å². The van der Waals surface area contributed by atoms with Gasteiger partial charge in [0.25, 0.3) is 0 Å². The summed E-state index contributed by atoms with van der Waals surface area (Å²) in [5.74, 6) is -0.279. The molecule has 23 heavy (non-hydrogen) atoms. The van der Waals surface area contributed by atoms with Crippen LogP contribution in [0.2, 0.25) is 0 Å². The van der Waals surface area contributed by atoms with Crippen LogP contribution in [0.4, 0.5) is 0 Å². The lowest BCUT2D eigenvalue weighted by atomic mass is 9.77. The molecule has 7 nitrogen and oxygen atoms in total. The smallest absolute Gasteiger partial charge is 0.237 e. The van der Waals surface area contributed by atoms with Gasteiger partial charge in [0.2, 0.25) is 11.8 Å². The maximum absolute atomic E-state index is 12.8. The Hall–Kier alpha value is -1.18. The molecular formula is C16H28N4O3. The Labute approximate surface area is 137 Å². The maximum Gasteiger partial charge on any atom is 0.237 e. The summed E-state index contributed by atoms with van der Waals surface area (Å²) in [5.41, 5.74) is -0.944. The van der Waals surface area contributed by atoms with Gasteiger partial charge in [-0.3, -0.25) is 14.5 Å². The molecule has 0 aliphatic carbocycles. The molecule has 0 aromatic carbocycles. The van der Waals surface area contributed by atoms with Gasteiger partial charge in [-0.2, -0.15) is 0 Å². The number of amides is 2. The van der Waals surface area contributed by atoms with E-state index in [1.54, 1.807) is 0 Å². The second kappa shape index (κ2) is 7.59. The fourth-order valence-electron chi connectivity index (χ4n) is 3.96. The number of nitrogens with one attached hydrogen (secondary N) is 3. The average Bonchev–Trinajstić information content (AvgIpc) is 2.60. The van der Waals surface area contributed by atoms with Crippen LogP contribution in [-0.4, -0.2) is 75.2 Å². The van der Waals surface area contributed by atoms with E-state index in [0.29, 0.717) is 45.3 Å². The van der Waals surface area contributed by atoms with Crippen molar-refractivity contribution in [3.05, 3.63) is 0 Å². The third-order valence-electron chi connectivity index (χ3n) is 5.28. The summed E-state index contributed by atoms with van der Waals surface area (Å²) < 4.78 is 5.35. The highest BCUT2D eigenvalue weighted by molar-refractivity contribution is 6.05. The molecule has 1 spiro atoms. The third-order valence-corrected chi connectivity index (χ3v) is 5.28. The minimum absolute atomic E-state index is 0.140. The summed E-state index contributed by atoms with van der Waals surface area (Å²) in [6, 6.07) is 0.479. The van der Waals surface area contributed by atoms with Gasteiger partial charge in [0.05, 0.1) is 13.2 Å². The number of carbonyl (C=O) groups is 2. The molecule has 3 aliphatic heterocycles. The summed E-state index contributed by atoms with van der Waals surface area (Å²) in [5, 5.41) is 9.18. The highest BCUT2D eigenvalue weighted by Gasteiger charge is 2.49. The minimum atomic E-state index is -0.944. The zero-order valence-corrected chi connectivity index (χ0v) is 13.7. The quantitative estimate of drug-likeness (QED) is 0.544. The molecule has 0 bridgehead atoms. The number of likely N-dealkylation sites (tertiary alicyclic amines) is 1. The molecule has 0 aromatic heterocycles. The van der Waals surface area contributed by atoms with E-state index in [1.807, 2.05) is 0 Å². The molecular weight excluding hydrogens is 296 g/mol. The van der Waals surface area contributed by atoms with Gasteiger partial charge in [-0.05, 0) is 45.3 Å². The summed E-state index contributed by atoms with van der Waals surface area (Å²) in [4.78, 5) is 27.9. The van der Waals surface area contributed by atoms with Crippen molar-refractivity contribution in [2.24, 2.45) is 5.41 Å². The number of rotatable bonds is 1. The summed E-state index contributed by atoms with van der Waals surface area (Å²) in [6.07, 6.45) is 3.70. The van der Waals surface area contributed by atoms with Crippen LogP contribution >= 0.6 is 0 Å². The molecule has 130 valence electrons. The van der Waals surface area contributed by atoms with E-state index in [-0.39, 0.29) is 11.8 Å². The van der Waals surface area contributed by atoms with E-state index < -0.39 is 5.41 Å². The normalized spacial score (nSPS) is 28.2. The lowest BCUT2D eigenvalue weighted by Crippen LogP contribution is -2.62. The van der Waals surface area contributed by atoms with Gasteiger partial charge < -0.3 is 20.7 Å². The number of nitrogens with zero attached hydrogens (tertiary/aromatic N) is 1. The first-order valence-electron chi connectivity index (χ1n) is 8.81. The van der Waals surface area contributed by atoms with Crippen LogP contribution in [0.3, 0.4) is 0 Å². The molecule has 0 atom stereocenters. The Balaban J connectivity index is 1.76. The van der Waals surface area contributed by atoms with E-state index in [0.717, 1.165) is 38.9 Å². The molecule has 0 saturated carbocycles. The molecule has 3 fully saturated rings. The Kier molecular flexibility index (Phi) is 5.50. The van der Waals surface area contributed by atoms with Crippen LogP contribution < -0.4 is 16.0 Å². The summed E-state index contributed by atoms with van der Waals surface area (Å²) in [7, 11) is 0. The molecule has 7 heteroatoms. The Morgan fingerprint density at radius 3 is 2.30 bits per heavy atom. The van der Waals surface area contributed by atoms with Crippen molar-refractivity contribution in [3.8, 4) is 0 Å². The van der Waals surface area contributed by atoms with Gasteiger partial charge >= 0.3 is 0 Å². The standard InChI is InChI=1S/C16H28N4O3/c21-14-16(15(22)19-8-11-23-10-7-18-14)4-1-9-20(12-16)13-2-5-17-6-3-13/h13,17H,1-12H2,(H,18,21)(H,19,22). The minimum Gasteiger partial charge on any atom is -0.378 e. The van der Waals surface area contributed by atoms with E-state index in [1.165, 1.54) is 0 Å². The molecule has 3 rings (SSSR count). The second-order valence-electron chi connectivity index (χ2n) is 6.76. The van der Waals surface area contributed by atoms with Gasteiger partial charge in [-0.25, -0.2) is 0 Å². The van der Waals surface area contributed by atoms with Crippen LogP contribution in [-0.2, 0) is 14.3 Å². The lowest BCUT2D eigenvalue weighted by molar-refractivity contribution is -0.149. The highest BCUT2D eigenvalue weighted by Crippen LogP contribution is 2.33. The molecule has 3 N–H and O–H groups in total. The van der Waals surface area contributed by atoms with E-state index in [4.69, 9.17) is 4.74 Å². The first-order chi connectivity index (χ1) is 11.2. The van der Waals surface area contributed by atoms with Gasteiger partial charge in [0.15, 0.2) is 0 Å². The molecule has 3 saturated heterocycles. The van der Waals surface area contributed by atoms with Gasteiger partial charge in [0.1, 0.15) is 5.41 Å². The first kappa shape index (κ1) is 16.7. The van der Waals surface area contributed by atoms with E-state index >= 15 is 0 Å². The van der Waals surface area contributed by atoms with Gasteiger partial charge in [-0.15, -0.1) is 0 Å². The van der Waals surface area contributed by atoms with Crippen LogP contribution in [0.25, 0.3) is 0 Å². The zero-order chi connectivity index (χ0) is 16.1. The summed E-state index contributed by atoms with van der Waals surface area (Å²) in [6.45, 7) is 5.49.